The standard InChI is InChI=1S/C30H33FN7O7PS/c1-35(30(41)33-14-19-5-3-2-4-6-19)37-17-25(39)38-23(13-18-7-10-21(11-8-18)45-46(42,43)44)28(40)36(16-24(37)38)15-20-9-12-22(31)27-26(20)34-29(32)47-27/h3,5-12,23-24H,2,4,13-17H2,1H3,(H2,32,34)(H,33,41)(H2,42,43,44)/t23-,24-/m0/s1. The van der Waals surface area contributed by atoms with Gasteiger partial charge in [0.05, 0.1) is 23.3 Å². The van der Waals surface area contributed by atoms with Crippen LogP contribution in [0.1, 0.15) is 24.0 Å². The second-order valence-corrected chi connectivity index (χ2v) is 13.6. The van der Waals surface area contributed by atoms with Gasteiger partial charge in [0, 0.05) is 26.6 Å². The molecule has 3 heterocycles. The summed E-state index contributed by atoms with van der Waals surface area (Å²) in [7, 11) is -3.20. The number of nitrogens with two attached hydrogens (primary N) is 1. The molecule has 0 bridgehead atoms. The van der Waals surface area contributed by atoms with Gasteiger partial charge in [-0.3, -0.25) is 24.4 Å². The van der Waals surface area contributed by atoms with Crippen molar-refractivity contribution < 1.29 is 37.6 Å². The molecule has 47 heavy (non-hydrogen) atoms. The van der Waals surface area contributed by atoms with E-state index < -0.39 is 31.9 Å². The Balaban J connectivity index is 1.28. The van der Waals surface area contributed by atoms with E-state index in [2.05, 4.69) is 20.9 Å². The number of benzene rings is 2. The zero-order valence-electron chi connectivity index (χ0n) is 25.3. The van der Waals surface area contributed by atoms with E-state index in [1.165, 1.54) is 28.1 Å². The fourth-order valence-electron chi connectivity index (χ4n) is 6.08. The van der Waals surface area contributed by atoms with Gasteiger partial charge in [-0.25, -0.2) is 18.7 Å². The first-order valence-electron chi connectivity index (χ1n) is 14.8. The lowest BCUT2D eigenvalue weighted by Crippen LogP contribution is -2.65. The number of carbonyl (C=O) groups is 3. The molecule has 2 fully saturated rings. The molecule has 1 aromatic heterocycles. The fraction of sp³-hybridized carbons (Fsp3) is 0.333. The summed E-state index contributed by atoms with van der Waals surface area (Å²) in [5.41, 5.74) is 8.39. The molecule has 2 aromatic carbocycles. The van der Waals surface area contributed by atoms with Crippen molar-refractivity contribution in [3.05, 3.63) is 77.1 Å². The predicted octanol–water partition coefficient (Wildman–Crippen LogP) is 2.75. The van der Waals surface area contributed by atoms with Gasteiger partial charge in [-0.1, -0.05) is 47.8 Å². The maximum Gasteiger partial charge on any atom is 0.524 e. The first kappa shape index (κ1) is 32.6. The third-order valence-electron chi connectivity index (χ3n) is 8.29. The van der Waals surface area contributed by atoms with E-state index in [4.69, 9.17) is 15.5 Å². The number of rotatable bonds is 9. The van der Waals surface area contributed by atoms with Crippen LogP contribution in [0, 0.1) is 5.82 Å². The maximum atomic E-state index is 14.6. The van der Waals surface area contributed by atoms with Gasteiger partial charge < -0.3 is 25.4 Å². The highest BCUT2D eigenvalue weighted by Gasteiger charge is 2.51. The number of allylic oxidation sites excluding steroid dienone is 2. The van der Waals surface area contributed by atoms with Crippen LogP contribution in [0.2, 0.25) is 0 Å². The molecule has 0 saturated carbocycles. The number of amides is 4. The van der Waals surface area contributed by atoms with Crippen LogP contribution in [-0.2, 0) is 27.1 Å². The van der Waals surface area contributed by atoms with Gasteiger partial charge in [0.25, 0.3) is 0 Å². The molecule has 248 valence electrons. The van der Waals surface area contributed by atoms with Crippen LogP contribution >= 0.6 is 19.2 Å². The number of phosphoric ester groups is 1. The summed E-state index contributed by atoms with van der Waals surface area (Å²) in [6, 6.07) is 7.30. The summed E-state index contributed by atoms with van der Waals surface area (Å²) in [5, 5.41) is 6.05. The molecule has 3 aromatic rings. The van der Waals surface area contributed by atoms with Crippen molar-refractivity contribution >= 4 is 52.4 Å². The van der Waals surface area contributed by atoms with Gasteiger partial charge >= 0.3 is 13.9 Å². The number of hydrogen-bond donors (Lipinski definition) is 4. The molecule has 0 spiro atoms. The number of aromatic nitrogens is 1. The van der Waals surface area contributed by atoms with E-state index in [9.17, 15) is 23.3 Å². The topological polar surface area (TPSA) is 182 Å². The lowest BCUT2D eigenvalue weighted by atomic mass is 9.99. The van der Waals surface area contributed by atoms with Gasteiger partial charge in [-0.15, -0.1) is 0 Å². The molecule has 1 aliphatic carbocycles. The number of urea groups is 1. The van der Waals surface area contributed by atoms with Gasteiger partial charge in [-0.05, 0) is 47.7 Å². The summed E-state index contributed by atoms with van der Waals surface area (Å²) in [6.45, 7) is 0.280. The van der Waals surface area contributed by atoms with E-state index >= 15 is 0 Å². The lowest BCUT2D eigenvalue weighted by Gasteiger charge is -2.45. The Kier molecular flexibility index (Phi) is 9.05. The number of halogens is 1. The number of nitrogen functional groups attached to an aromatic ring is 1. The van der Waals surface area contributed by atoms with Gasteiger partial charge in [0.2, 0.25) is 11.8 Å². The number of carbonyl (C=O) groups excluding carboxylic acids is 3. The molecule has 6 rings (SSSR count). The van der Waals surface area contributed by atoms with Crippen molar-refractivity contribution in [2.75, 3.05) is 32.4 Å². The molecular formula is C30H33FN7O7PS. The molecule has 2 atom stereocenters. The van der Waals surface area contributed by atoms with Crippen molar-refractivity contribution in [2.24, 2.45) is 0 Å². The number of hydrogen-bond acceptors (Lipinski definition) is 9. The van der Waals surface area contributed by atoms with Crippen molar-refractivity contribution in [2.45, 2.75) is 38.0 Å². The van der Waals surface area contributed by atoms with Crippen LogP contribution in [0.3, 0.4) is 0 Å². The zero-order valence-corrected chi connectivity index (χ0v) is 27.0. The second kappa shape index (κ2) is 13.0. The first-order chi connectivity index (χ1) is 22.4. The molecular weight excluding hydrogens is 652 g/mol. The predicted molar refractivity (Wildman–Crippen MR) is 171 cm³/mol. The Morgan fingerprint density at radius 3 is 2.68 bits per heavy atom. The first-order valence-corrected chi connectivity index (χ1v) is 17.1. The fourth-order valence-corrected chi connectivity index (χ4v) is 7.26. The highest BCUT2D eigenvalue weighted by atomic mass is 32.1. The van der Waals surface area contributed by atoms with Gasteiger partial charge in [-0.2, -0.15) is 5.01 Å². The molecule has 4 amide bonds. The number of phosphoric acid groups is 1. The summed E-state index contributed by atoms with van der Waals surface area (Å²) < 4.78 is 30.7. The molecule has 2 saturated heterocycles. The van der Waals surface area contributed by atoms with E-state index in [1.54, 1.807) is 35.2 Å². The highest BCUT2D eigenvalue weighted by molar-refractivity contribution is 7.46. The minimum Gasteiger partial charge on any atom is -0.404 e. The van der Waals surface area contributed by atoms with Crippen molar-refractivity contribution in [3.63, 3.8) is 0 Å². The van der Waals surface area contributed by atoms with Crippen molar-refractivity contribution in [3.8, 4) is 5.75 Å². The molecule has 5 N–H and O–H groups in total. The van der Waals surface area contributed by atoms with Crippen LogP contribution in [0.4, 0.5) is 14.3 Å². The van der Waals surface area contributed by atoms with Crippen molar-refractivity contribution in [1.82, 2.24) is 30.1 Å². The summed E-state index contributed by atoms with van der Waals surface area (Å²) in [4.78, 5) is 66.6. The number of anilines is 1. The van der Waals surface area contributed by atoms with E-state index in [-0.39, 0.29) is 53.5 Å². The summed E-state index contributed by atoms with van der Waals surface area (Å²) >= 11 is 1.01. The van der Waals surface area contributed by atoms with Crippen molar-refractivity contribution in [1.29, 1.82) is 0 Å². The quantitative estimate of drug-likeness (QED) is 0.245. The number of fused-ring (bicyclic) bond motifs is 2. The highest BCUT2D eigenvalue weighted by Crippen LogP contribution is 2.38. The monoisotopic (exact) mass is 685 g/mol. The largest absolute Gasteiger partial charge is 0.524 e. The normalized spacial score (nSPS) is 20.0. The Morgan fingerprint density at radius 2 is 1.98 bits per heavy atom. The van der Waals surface area contributed by atoms with Crippen LogP contribution < -0.4 is 15.6 Å². The Labute approximate surface area is 273 Å². The average molecular weight is 686 g/mol. The number of piperazine rings is 1. The number of hydrazine groups is 1. The minimum atomic E-state index is -4.77. The summed E-state index contributed by atoms with van der Waals surface area (Å²) in [6.07, 6.45) is 7.28. The van der Waals surface area contributed by atoms with E-state index in [1.807, 2.05) is 12.2 Å². The Morgan fingerprint density at radius 1 is 1.21 bits per heavy atom. The van der Waals surface area contributed by atoms with Crippen LogP contribution in [0.25, 0.3) is 10.2 Å². The molecule has 0 unspecified atom stereocenters. The van der Waals surface area contributed by atoms with Crippen LogP contribution in [-0.4, -0.2) is 91.3 Å². The molecule has 2 aliphatic heterocycles. The summed E-state index contributed by atoms with van der Waals surface area (Å²) in [5.74, 6) is -1.24. The molecule has 17 heteroatoms. The number of nitrogens with one attached hydrogen (secondary N) is 1. The number of nitrogens with zero attached hydrogens (tertiary/aromatic N) is 5. The van der Waals surface area contributed by atoms with Gasteiger partial charge in [0.1, 0.15) is 23.8 Å². The smallest absolute Gasteiger partial charge is 0.404 e. The zero-order chi connectivity index (χ0) is 33.5. The Hall–Kier alpha value is -4.34. The third-order valence-corrected chi connectivity index (χ3v) is 9.64. The second-order valence-electron chi connectivity index (χ2n) is 11.4. The Bertz CT molecular complexity index is 1830. The lowest BCUT2D eigenvalue weighted by molar-refractivity contribution is -0.157. The average Bonchev–Trinajstić information content (AvgIpc) is 3.59. The van der Waals surface area contributed by atoms with Gasteiger partial charge in [0.15, 0.2) is 5.13 Å². The van der Waals surface area contributed by atoms with E-state index in [0.29, 0.717) is 23.2 Å². The van der Waals surface area contributed by atoms with Crippen LogP contribution in [0.5, 0.6) is 5.75 Å². The molecule has 3 aliphatic rings. The number of thiazole rings is 1. The SMILES string of the molecule is CN(C(=O)NCC1=CCCC=C1)N1CC(=O)N2[C@H]1CN(Cc1ccc(F)c3sc(N)nc13)C(=O)[C@@H]2Cc1ccc(OP(=O)(O)O)cc1. The van der Waals surface area contributed by atoms with Crippen LogP contribution in [0.15, 0.2) is 60.2 Å². The molecule has 14 nitrogen and oxygen atoms in total. The maximum absolute atomic E-state index is 14.6. The third kappa shape index (κ3) is 7.01. The molecule has 0 radical (unpaired) electrons. The van der Waals surface area contributed by atoms with E-state index in [0.717, 1.165) is 29.8 Å². The minimum absolute atomic E-state index is 0.0487.